The number of benzene rings is 1. The van der Waals surface area contributed by atoms with Crippen molar-refractivity contribution in [1.82, 2.24) is 5.32 Å². The minimum atomic E-state index is -1.39. The first-order valence-electron chi connectivity index (χ1n) is 9.32. The van der Waals surface area contributed by atoms with Gasteiger partial charge < -0.3 is 26.0 Å². The third-order valence-electron chi connectivity index (χ3n) is 5.15. The van der Waals surface area contributed by atoms with E-state index in [1.807, 2.05) is 24.3 Å². The number of aliphatic carboxylic acids is 1. The average molecular weight is 388 g/mol. The van der Waals surface area contributed by atoms with Crippen LogP contribution in [0.25, 0.3) is 0 Å². The Morgan fingerprint density at radius 1 is 1.14 bits per heavy atom. The number of nitrogens with zero attached hydrogens (tertiary/aromatic N) is 2. The number of carboxylic acids is 1. The van der Waals surface area contributed by atoms with Crippen LogP contribution < -0.4 is 20.9 Å². The Balaban J connectivity index is 1.63. The predicted molar refractivity (Wildman–Crippen MR) is 102 cm³/mol. The number of hydrogen-bond donors (Lipinski definition) is 3. The first-order valence-corrected chi connectivity index (χ1v) is 9.32. The lowest BCUT2D eigenvalue weighted by molar-refractivity contribution is -0.143. The molecule has 3 rings (SSSR count). The highest BCUT2D eigenvalue weighted by atomic mass is 16.4. The summed E-state index contributed by atoms with van der Waals surface area (Å²) in [5, 5.41) is 11.4. The van der Waals surface area contributed by atoms with Gasteiger partial charge in [0, 0.05) is 37.4 Å². The van der Waals surface area contributed by atoms with Crippen molar-refractivity contribution in [2.24, 2.45) is 11.7 Å². The number of amides is 3. The fraction of sp³-hybridized carbons (Fsp3) is 0.474. The van der Waals surface area contributed by atoms with Gasteiger partial charge in [-0.1, -0.05) is 0 Å². The molecule has 2 fully saturated rings. The molecule has 2 atom stereocenters. The zero-order valence-corrected chi connectivity index (χ0v) is 15.5. The maximum atomic E-state index is 12.4. The molecule has 3 amide bonds. The van der Waals surface area contributed by atoms with E-state index in [2.05, 4.69) is 10.2 Å². The second kappa shape index (κ2) is 8.28. The normalized spacial score (nSPS) is 20.3. The summed E-state index contributed by atoms with van der Waals surface area (Å²) in [7, 11) is 0. The molecule has 28 heavy (non-hydrogen) atoms. The Bertz CT molecular complexity index is 773. The third-order valence-corrected chi connectivity index (χ3v) is 5.15. The first-order chi connectivity index (χ1) is 13.3. The van der Waals surface area contributed by atoms with Crippen LogP contribution in [0.15, 0.2) is 24.3 Å². The molecule has 4 N–H and O–H groups in total. The molecule has 2 unspecified atom stereocenters. The van der Waals surface area contributed by atoms with Gasteiger partial charge in [0.2, 0.25) is 17.7 Å². The Morgan fingerprint density at radius 3 is 2.32 bits per heavy atom. The molecular formula is C19H24N4O5. The molecule has 0 spiro atoms. The van der Waals surface area contributed by atoms with Crippen molar-refractivity contribution in [3.8, 4) is 0 Å². The van der Waals surface area contributed by atoms with Crippen LogP contribution in [0.5, 0.6) is 0 Å². The van der Waals surface area contributed by atoms with Crippen molar-refractivity contribution in [2.45, 2.75) is 31.7 Å². The summed E-state index contributed by atoms with van der Waals surface area (Å²) in [5.74, 6) is -3.62. The van der Waals surface area contributed by atoms with Crippen molar-refractivity contribution in [1.29, 1.82) is 0 Å². The van der Waals surface area contributed by atoms with Crippen molar-refractivity contribution < 1.29 is 24.3 Å². The molecule has 1 aromatic rings. The lowest BCUT2D eigenvalue weighted by Gasteiger charge is -2.21. The van der Waals surface area contributed by atoms with Crippen molar-refractivity contribution in [3.05, 3.63) is 24.3 Å². The van der Waals surface area contributed by atoms with E-state index in [4.69, 9.17) is 10.8 Å². The third kappa shape index (κ3) is 4.41. The minimum Gasteiger partial charge on any atom is -0.480 e. The van der Waals surface area contributed by atoms with Gasteiger partial charge in [-0.15, -0.1) is 0 Å². The number of primary amides is 1. The van der Waals surface area contributed by atoms with Gasteiger partial charge in [-0.2, -0.15) is 0 Å². The summed E-state index contributed by atoms with van der Waals surface area (Å²) >= 11 is 0. The number of carbonyl (C=O) groups excluding carboxylic acids is 3. The number of carbonyl (C=O) groups is 4. The van der Waals surface area contributed by atoms with E-state index in [1.54, 1.807) is 0 Å². The zero-order valence-electron chi connectivity index (χ0n) is 15.5. The Kier molecular flexibility index (Phi) is 5.81. The Labute approximate surface area is 162 Å². The topological polar surface area (TPSA) is 133 Å². The minimum absolute atomic E-state index is 0.0113. The number of nitrogens with one attached hydrogen (secondary N) is 1. The van der Waals surface area contributed by atoms with E-state index < -0.39 is 36.2 Å². The molecule has 0 radical (unpaired) electrons. The van der Waals surface area contributed by atoms with Crippen LogP contribution in [0.1, 0.15) is 25.7 Å². The molecule has 0 bridgehead atoms. The van der Waals surface area contributed by atoms with Crippen molar-refractivity contribution in [3.63, 3.8) is 0 Å². The number of rotatable bonds is 7. The highest BCUT2D eigenvalue weighted by Crippen LogP contribution is 2.28. The molecule has 2 aliphatic heterocycles. The zero-order chi connectivity index (χ0) is 20.3. The molecular weight excluding hydrogens is 364 g/mol. The smallest absolute Gasteiger partial charge is 0.326 e. The monoisotopic (exact) mass is 388 g/mol. The molecule has 0 aliphatic carbocycles. The summed E-state index contributed by atoms with van der Waals surface area (Å²) in [4.78, 5) is 50.7. The fourth-order valence-electron chi connectivity index (χ4n) is 3.64. The molecule has 2 aliphatic rings. The van der Waals surface area contributed by atoms with E-state index in [-0.39, 0.29) is 18.9 Å². The molecule has 1 aromatic carbocycles. The van der Waals surface area contributed by atoms with Crippen LogP contribution in [-0.2, 0) is 19.2 Å². The van der Waals surface area contributed by atoms with E-state index >= 15 is 0 Å². The Morgan fingerprint density at radius 2 is 1.75 bits per heavy atom. The average Bonchev–Trinajstić information content (AvgIpc) is 3.30. The first kappa shape index (κ1) is 19.7. The molecule has 2 heterocycles. The van der Waals surface area contributed by atoms with Gasteiger partial charge in [0.05, 0.1) is 12.3 Å². The van der Waals surface area contributed by atoms with E-state index in [0.29, 0.717) is 5.69 Å². The van der Waals surface area contributed by atoms with Gasteiger partial charge in [0.25, 0.3) is 0 Å². The molecule has 9 nitrogen and oxygen atoms in total. The number of hydrogen-bond acceptors (Lipinski definition) is 5. The van der Waals surface area contributed by atoms with Gasteiger partial charge in [0.15, 0.2) is 0 Å². The van der Waals surface area contributed by atoms with Gasteiger partial charge in [0.1, 0.15) is 6.04 Å². The predicted octanol–water partition coefficient (Wildman–Crippen LogP) is 0.0845. The van der Waals surface area contributed by atoms with Crippen LogP contribution in [0.4, 0.5) is 11.4 Å². The van der Waals surface area contributed by atoms with Crippen molar-refractivity contribution >= 4 is 35.1 Å². The quantitative estimate of drug-likeness (QED) is 0.606. The molecule has 150 valence electrons. The van der Waals surface area contributed by atoms with Crippen LogP contribution in [0.3, 0.4) is 0 Å². The summed E-state index contributed by atoms with van der Waals surface area (Å²) in [6.07, 6.45) is 1.85. The highest BCUT2D eigenvalue weighted by Gasteiger charge is 2.36. The summed E-state index contributed by atoms with van der Waals surface area (Å²) in [5.41, 5.74) is 6.83. The lowest BCUT2D eigenvalue weighted by atomic mass is 10.1. The van der Waals surface area contributed by atoms with Gasteiger partial charge in [-0.3, -0.25) is 14.4 Å². The number of nitrogens with two attached hydrogens (primary N) is 1. The summed E-state index contributed by atoms with van der Waals surface area (Å²) < 4.78 is 0. The number of anilines is 2. The lowest BCUT2D eigenvalue weighted by Crippen LogP contribution is -2.46. The van der Waals surface area contributed by atoms with Crippen LogP contribution in [0.2, 0.25) is 0 Å². The SMILES string of the molecule is NC(=O)CC(NC(=O)C1CC(=O)N(c2ccc(N3CCCC3)cc2)C1)C(=O)O. The van der Waals surface area contributed by atoms with Crippen LogP contribution in [0, 0.1) is 5.92 Å². The molecule has 9 heteroatoms. The standard InChI is InChI=1S/C19H24N4O5/c20-16(24)10-15(19(27)28)21-18(26)12-9-17(25)23(11-12)14-5-3-13(4-6-14)22-7-1-2-8-22/h3-6,12,15H,1-2,7-11H2,(H2,20,24)(H,21,26)(H,27,28). The second-order valence-corrected chi connectivity index (χ2v) is 7.19. The molecule has 2 saturated heterocycles. The summed E-state index contributed by atoms with van der Waals surface area (Å²) in [6.45, 7) is 2.22. The Hall–Kier alpha value is -3.10. The molecule has 0 saturated carbocycles. The van der Waals surface area contributed by atoms with Gasteiger partial charge in [-0.05, 0) is 37.1 Å². The van der Waals surface area contributed by atoms with Crippen LogP contribution >= 0.6 is 0 Å². The maximum Gasteiger partial charge on any atom is 0.326 e. The second-order valence-electron chi connectivity index (χ2n) is 7.19. The maximum absolute atomic E-state index is 12.4. The summed E-state index contributed by atoms with van der Waals surface area (Å²) in [6, 6.07) is 6.26. The van der Waals surface area contributed by atoms with E-state index in [9.17, 15) is 19.2 Å². The van der Waals surface area contributed by atoms with Gasteiger partial charge in [-0.25, -0.2) is 4.79 Å². The van der Waals surface area contributed by atoms with Crippen molar-refractivity contribution in [2.75, 3.05) is 29.4 Å². The molecule has 0 aromatic heterocycles. The highest BCUT2D eigenvalue weighted by molar-refractivity contribution is 6.01. The fourth-order valence-corrected chi connectivity index (χ4v) is 3.64. The van der Waals surface area contributed by atoms with Crippen LogP contribution in [-0.4, -0.2) is 54.5 Å². The van der Waals surface area contributed by atoms with Gasteiger partial charge >= 0.3 is 5.97 Å². The largest absolute Gasteiger partial charge is 0.480 e. The van der Waals surface area contributed by atoms with E-state index in [0.717, 1.165) is 18.8 Å². The van der Waals surface area contributed by atoms with E-state index in [1.165, 1.54) is 17.7 Å². The number of carboxylic acid groups (broad SMARTS) is 1.